The molecule has 1 heterocycles. The summed E-state index contributed by atoms with van der Waals surface area (Å²) in [5, 5.41) is 3.37. The Morgan fingerprint density at radius 3 is 2.59 bits per heavy atom. The summed E-state index contributed by atoms with van der Waals surface area (Å²) in [7, 11) is 0. The first-order valence-electron chi connectivity index (χ1n) is 6.59. The minimum Gasteiger partial charge on any atom is -0.444 e. The van der Waals surface area contributed by atoms with E-state index in [0.717, 1.165) is 25.6 Å². The van der Waals surface area contributed by atoms with Crippen molar-refractivity contribution in [2.45, 2.75) is 45.8 Å². The molecule has 17 heavy (non-hydrogen) atoms. The van der Waals surface area contributed by atoms with Crippen LogP contribution in [0.4, 0.5) is 4.79 Å². The van der Waals surface area contributed by atoms with Gasteiger partial charge in [-0.3, -0.25) is 0 Å². The van der Waals surface area contributed by atoms with Crippen molar-refractivity contribution in [1.82, 2.24) is 10.2 Å². The van der Waals surface area contributed by atoms with Gasteiger partial charge in [0.1, 0.15) is 5.60 Å². The topological polar surface area (TPSA) is 41.6 Å². The van der Waals surface area contributed by atoms with Crippen LogP contribution in [0.3, 0.4) is 0 Å². The zero-order valence-electron chi connectivity index (χ0n) is 11.3. The van der Waals surface area contributed by atoms with E-state index in [2.05, 4.69) is 12.2 Å². The molecule has 2 rings (SSSR count). The summed E-state index contributed by atoms with van der Waals surface area (Å²) < 4.78 is 5.48. The van der Waals surface area contributed by atoms with Gasteiger partial charge < -0.3 is 15.0 Å². The molecule has 1 aliphatic heterocycles. The van der Waals surface area contributed by atoms with Gasteiger partial charge in [0, 0.05) is 19.6 Å². The number of amides is 1. The van der Waals surface area contributed by atoms with Crippen LogP contribution in [0.15, 0.2) is 0 Å². The lowest BCUT2D eigenvalue weighted by Crippen LogP contribution is -2.55. The Balaban J connectivity index is 1.98. The molecule has 2 fully saturated rings. The van der Waals surface area contributed by atoms with E-state index in [9.17, 15) is 4.79 Å². The standard InChI is InChI=1S/C13H24N2O2/c1-9-7-10(9)11-8-14-5-6-15(11)12(16)17-13(2,3)4/h9-11,14H,5-8H2,1-4H3. The number of hydrogen-bond acceptors (Lipinski definition) is 3. The van der Waals surface area contributed by atoms with Crippen molar-refractivity contribution < 1.29 is 9.53 Å². The van der Waals surface area contributed by atoms with Gasteiger partial charge in [-0.25, -0.2) is 4.79 Å². The van der Waals surface area contributed by atoms with E-state index in [4.69, 9.17) is 4.74 Å². The maximum Gasteiger partial charge on any atom is 0.410 e. The Kier molecular flexibility index (Phi) is 3.34. The second kappa shape index (κ2) is 4.48. The van der Waals surface area contributed by atoms with Crippen molar-refractivity contribution in [2.75, 3.05) is 19.6 Å². The number of rotatable bonds is 1. The summed E-state index contributed by atoms with van der Waals surface area (Å²) in [4.78, 5) is 14.1. The molecule has 0 spiro atoms. The van der Waals surface area contributed by atoms with Gasteiger partial charge in [-0.15, -0.1) is 0 Å². The highest BCUT2D eigenvalue weighted by Gasteiger charge is 2.45. The fourth-order valence-corrected chi connectivity index (χ4v) is 2.54. The van der Waals surface area contributed by atoms with Crippen LogP contribution in [-0.2, 0) is 4.74 Å². The summed E-state index contributed by atoms with van der Waals surface area (Å²) in [6.45, 7) is 10.6. The van der Waals surface area contributed by atoms with Crippen LogP contribution in [0.25, 0.3) is 0 Å². The van der Waals surface area contributed by atoms with E-state index >= 15 is 0 Å². The van der Waals surface area contributed by atoms with E-state index in [0.29, 0.717) is 12.0 Å². The van der Waals surface area contributed by atoms with Gasteiger partial charge in [0.05, 0.1) is 6.04 Å². The molecule has 1 N–H and O–H groups in total. The zero-order chi connectivity index (χ0) is 12.6. The van der Waals surface area contributed by atoms with Crippen molar-refractivity contribution in [3.63, 3.8) is 0 Å². The number of hydrogen-bond donors (Lipinski definition) is 1. The van der Waals surface area contributed by atoms with Crippen molar-refractivity contribution in [1.29, 1.82) is 0 Å². The summed E-state index contributed by atoms with van der Waals surface area (Å²) in [5.41, 5.74) is -0.401. The van der Waals surface area contributed by atoms with Crippen LogP contribution < -0.4 is 5.32 Å². The van der Waals surface area contributed by atoms with Crippen LogP contribution in [0, 0.1) is 11.8 Å². The van der Waals surface area contributed by atoms with E-state index in [1.165, 1.54) is 6.42 Å². The van der Waals surface area contributed by atoms with E-state index < -0.39 is 5.60 Å². The maximum absolute atomic E-state index is 12.1. The number of nitrogens with one attached hydrogen (secondary N) is 1. The molecule has 98 valence electrons. The Morgan fingerprint density at radius 1 is 1.41 bits per heavy atom. The van der Waals surface area contributed by atoms with Crippen molar-refractivity contribution >= 4 is 6.09 Å². The maximum atomic E-state index is 12.1. The molecule has 4 nitrogen and oxygen atoms in total. The van der Waals surface area contributed by atoms with Gasteiger partial charge in [0.15, 0.2) is 0 Å². The first-order valence-corrected chi connectivity index (χ1v) is 6.59. The molecule has 0 aromatic heterocycles. The number of ether oxygens (including phenoxy) is 1. The van der Waals surface area contributed by atoms with E-state index in [-0.39, 0.29) is 6.09 Å². The second-order valence-electron chi connectivity index (χ2n) is 6.32. The van der Waals surface area contributed by atoms with Crippen LogP contribution in [0.5, 0.6) is 0 Å². The zero-order valence-corrected chi connectivity index (χ0v) is 11.3. The largest absolute Gasteiger partial charge is 0.444 e. The Hall–Kier alpha value is -0.770. The molecule has 2 aliphatic rings. The van der Waals surface area contributed by atoms with Gasteiger partial charge in [-0.2, -0.15) is 0 Å². The average Bonchev–Trinajstić information content (AvgIpc) is 2.93. The molecule has 0 bridgehead atoms. The average molecular weight is 240 g/mol. The van der Waals surface area contributed by atoms with Crippen molar-refractivity contribution in [3.8, 4) is 0 Å². The fraction of sp³-hybridized carbons (Fsp3) is 0.923. The lowest BCUT2D eigenvalue weighted by atomic mass is 10.1. The molecule has 1 amide bonds. The smallest absolute Gasteiger partial charge is 0.410 e. The minimum atomic E-state index is -0.401. The molecule has 0 aromatic rings. The first kappa shape index (κ1) is 12.7. The van der Waals surface area contributed by atoms with Crippen LogP contribution >= 0.6 is 0 Å². The predicted octanol–water partition coefficient (Wildman–Crippen LogP) is 1.85. The summed E-state index contributed by atoms with van der Waals surface area (Å²) >= 11 is 0. The number of carbonyl (C=O) groups excluding carboxylic acids is 1. The SMILES string of the molecule is CC1CC1C1CNCCN1C(=O)OC(C)(C)C. The fourth-order valence-electron chi connectivity index (χ4n) is 2.54. The summed E-state index contributed by atoms with van der Waals surface area (Å²) in [5.74, 6) is 1.42. The first-order chi connectivity index (χ1) is 7.88. The predicted molar refractivity (Wildman–Crippen MR) is 66.9 cm³/mol. The molecule has 1 saturated carbocycles. The van der Waals surface area contributed by atoms with E-state index in [1.54, 1.807) is 0 Å². The highest BCUT2D eigenvalue weighted by atomic mass is 16.6. The Bertz CT molecular complexity index is 298. The Morgan fingerprint density at radius 2 is 2.06 bits per heavy atom. The molecule has 1 aliphatic carbocycles. The normalized spacial score (nSPS) is 33.4. The third-order valence-electron chi connectivity index (χ3n) is 3.58. The van der Waals surface area contributed by atoms with Crippen LogP contribution in [-0.4, -0.2) is 42.3 Å². The van der Waals surface area contributed by atoms with Gasteiger partial charge >= 0.3 is 6.09 Å². The molecular formula is C13H24N2O2. The second-order valence-corrected chi connectivity index (χ2v) is 6.32. The number of piperazine rings is 1. The van der Waals surface area contributed by atoms with Crippen molar-refractivity contribution in [2.24, 2.45) is 11.8 Å². The van der Waals surface area contributed by atoms with Crippen molar-refractivity contribution in [3.05, 3.63) is 0 Å². The van der Waals surface area contributed by atoms with Gasteiger partial charge in [0.25, 0.3) is 0 Å². The third kappa shape index (κ3) is 3.12. The minimum absolute atomic E-state index is 0.150. The van der Waals surface area contributed by atoms with Gasteiger partial charge in [0.2, 0.25) is 0 Å². The number of carbonyl (C=O) groups is 1. The molecule has 3 unspecified atom stereocenters. The highest BCUT2D eigenvalue weighted by molar-refractivity contribution is 5.69. The lowest BCUT2D eigenvalue weighted by Gasteiger charge is -2.37. The molecule has 3 atom stereocenters. The van der Waals surface area contributed by atoms with Crippen LogP contribution in [0.2, 0.25) is 0 Å². The lowest BCUT2D eigenvalue weighted by molar-refractivity contribution is 0.00900. The van der Waals surface area contributed by atoms with Gasteiger partial charge in [-0.05, 0) is 39.0 Å². The summed E-state index contributed by atoms with van der Waals surface area (Å²) in [6, 6.07) is 0.327. The van der Waals surface area contributed by atoms with E-state index in [1.807, 2.05) is 25.7 Å². The Labute approximate surface area is 104 Å². The molecule has 0 aromatic carbocycles. The molecule has 4 heteroatoms. The highest BCUT2D eigenvalue weighted by Crippen LogP contribution is 2.43. The molecule has 0 radical (unpaired) electrons. The molecular weight excluding hydrogens is 216 g/mol. The van der Waals surface area contributed by atoms with Gasteiger partial charge in [-0.1, -0.05) is 6.92 Å². The monoisotopic (exact) mass is 240 g/mol. The number of nitrogens with zero attached hydrogens (tertiary/aromatic N) is 1. The summed E-state index contributed by atoms with van der Waals surface area (Å²) in [6.07, 6.45) is 1.09. The quantitative estimate of drug-likeness (QED) is 0.760. The third-order valence-corrected chi connectivity index (χ3v) is 3.58. The molecule has 1 saturated heterocycles. The van der Waals surface area contributed by atoms with Crippen LogP contribution in [0.1, 0.15) is 34.1 Å².